The highest BCUT2D eigenvalue weighted by atomic mass is 16.5. The van der Waals surface area contributed by atoms with Crippen molar-refractivity contribution in [2.24, 2.45) is 0 Å². The number of fused-ring (bicyclic) bond motifs is 1. The third-order valence-corrected chi connectivity index (χ3v) is 2.91. The predicted molar refractivity (Wildman–Crippen MR) is 60.9 cm³/mol. The van der Waals surface area contributed by atoms with E-state index in [-0.39, 0.29) is 0 Å². The molecule has 1 aliphatic rings. The molecule has 0 atom stereocenters. The molecular formula is C13H9N3O. The third-order valence-electron chi connectivity index (χ3n) is 2.91. The fraction of sp³-hybridized carbons (Fsp3) is 0.154. The summed E-state index contributed by atoms with van der Waals surface area (Å²) in [6.07, 6.45) is 5.63. The lowest BCUT2D eigenvalue weighted by Crippen LogP contribution is -2.01. The van der Waals surface area contributed by atoms with Crippen molar-refractivity contribution in [1.82, 2.24) is 10.4 Å². The lowest BCUT2D eigenvalue weighted by atomic mass is 9.89. The molecular weight excluding hydrogens is 214 g/mol. The van der Waals surface area contributed by atoms with Crippen LogP contribution in [0.25, 0.3) is 5.57 Å². The number of rotatable bonds is 1. The number of allylic oxidation sites excluding steroid dienone is 1. The first-order valence-electron chi connectivity index (χ1n) is 5.40. The minimum Gasteiger partial charge on any atom is -0.337 e. The van der Waals surface area contributed by atoms with E-state index in [0.717, 1.165) is 24.0 Å². The van der Waals surface area contributed by atoms with E-state index in [0.29, 0.717) is 11.3 Å². The summed E-state index contributed by atoms with van der Waals surface area (Å²) in [6.45, 7) is 0. The van der Waals surface area contributed by atoms with Crippen LogP contribution < -0.4 is 0 Å². The van der Waals surface area contributed by atoms with Gasteiger partial charge in [-0.05, 0) is 36.1 Å². The summed E-state index contributed by atoms with van der Waals surface area (Å²) in [6, 6.07) is 7.88. The molecule has 0 fully saturated rings. The topological polar surface area (TPSA) is 62.7 Å². The monoisotopic (exact) mass is 223 g/mol. The largest absolute Gasteiger partial charge is 0.337 e. The molecule has 0 radical (unpaired) electrons. The van der Waals surface area contributed by atoms with Gasteiger partial charge in [-0.3, -0.25) is 0 Å². The van der Waals surface area contributed by atoms with Gasteiger partial charge in [0, 0.05) is 10.8 Å². The first-order valence-corrected chi connectivity index (χ1v) is 5.40. The van der Waals surface area contributed by atoms with Gasteiger partial charge in [0.1, 0.15) is 0 Å². The Balaban J connectivity index is 2.12. The number of benzene rings is 1. The van der Waals surface area contributed by atoms with Crippen molar-refractivity contribution in [2.45, 2.75) is 12.8 Å². The molecule has 0 saturated carbocycles. The van der Waals surface area contributed by atoms with Gasteiger partial charge in [0.2, 0.25) is 0 Å². The van der Waals surface area contributed by atoms with Crippen molar-refractivity contribution in [3.8, 4) is 6.07 Å². The molecule has 0 aliphatic heterocycles. The van der Waals surface area contributed by atoms with E-state index in [2.05, 4.69) is 22.5 Å². The van der Waals surface area contributed by atoms with Gasteiger partial charge in [-0.2, -0.15) is 5.26 Å². The summed E-state index contributed by atoms with van der Waals surface area (Å²) in [5.74, 6) is 0.677. The van der Waals surface area contributed by atoms with Gasteiger partial charge in [-0.1, -0.05) is 12.1 Å². The lowest BCUT2D eigenvalue weighted by Gasteiger charge is -2.15. The van der Waals surface area contributed by atoms with E-state index in [9.17, 15) is 0 Å². The van der Waals surface area contributed by atoms with Crippen LogP contribution in [0.1, 0.15) is 28.9 Å². The number of hydrogen-bond donors (Lipinski definition) is 0. The molecule has 1 aliphatic carbocycles. The zero-order chi connectivity index (χ0) is 11.7. The van der Waals surface area contributed by atoms with Gasteiger partial charge in [0.15, 0.2) is 5.76 Å². The molecule has 0 unspecified atom stereocenters. The molecule has 0 spiro atoms. The van der Waals surface area contributed by atoms with Gasteiger partial charge in [-0.15, -0.1) is 5.10 Å². The maximum atomic E-state index is 8.89. The minimum atomic E-state index is 0.677. The fourth-order valence-corrected chi connectivity index (χ4v) is 2.13. The van der Waals surface area contributed by atoms with Gasteiger partial charge >= 0.3 is 0 Å². The summed E-state index contributed by atoms with van der Waals surface area (Å²) < 4.78 is 5.09. The Morgan fingerprint density at radius 2 is 2.29 bits per heavy atom. The summed E-state index contributed by atoms with van der Waals surface area (Å²) in [5.41, 5.74) is 3.99. The molecule has 1 aromatic heterocycles. The second kappa shape index (κ2) is 3.87. The number of aryl methyl sites for hydroxylation is 1. The molecule has 17 heavy (non-hydrogen) atoms. The molecule has 2 aromatic rings. The van der Waals surface area contributed by atoms with Gasteiger partial charge in [0.05, 0.1) is 17.8 Å². The highest BCUT2D eigenvalue weighted by Crippen LogP contribution is 2.31. The van der Waals surface area contributed by atoms with Crippen LogP contribution in [-0.2, 0) is 6.42 Å². The van der Waals surface area contributed by atoms with Gasteiger partial charge in [-0.25, -0.2) is 0 Å². The minimum absolute atomic E-state index is 0.677. The highest BCUT2D eigenvalue weighted by molar-refractivity contribution is 5.80. The normalized spacial score (nSPS) is 13.7. The van der Waals surface area contributed by atoms with Crippen LogP contribution >= 0.6 is 0 Å². The Morgan fingerprint density at radius 3 is 3.06 bits per heavy atom. The summed E-state index contributed by atoms with van der Waals surface area (Å²) in [7, 11) is 0. The van der Waals surface area contributed by atoms with E-state index in [1.54, 1.807) is 6.20 Å². The Morgan fingerprint density at radius 1 is 1.35 bits per heavy atom. The Labute approximate surface area is 98.2 Å². The molecule has 4 nitrogen and oxygen atoms in total. The Hall–Kier alpha value is -2.41. The van der Waals surface area contributed by atoms with Crippen LogP contribution in [0.5, 0.6) is 0 Å². The maximum Gasteiger partial charge on any atom is 0.187 e. The first kappa shape index (κ1) is 9.79. The second-order valence-corrected chi connectivity index (χ2v) is 3.92. The fourth-order valence-electron chi connectivity index (χ4n) is 2.13. The average Bonchev–Trinajstić information content (AvgIpc) is 2.91. The molecule has 1 heterocycles. The Bertz CT molecular complexity index is 621. The molecule has 0 bridgehead atoms. The molecule has 0 saturated heterocycles. The molecule has 1 aromatic carbocycles. The summed E-state index contributed by atoms with van der Waals surface area (Å²) >= 11 is 0. The summed E-state index contributed by atoms with van der Waals surface area (Å²) in [4.78, 5) is 0. The zero-order valence-corrected chi connectivity index (χ0v) is 9.05. The van der Waals surface area contributed by atoms with Gasteiger partial charge in [0.25, 0.3) is 0 Å². The van der Waals surface area contributed by atoms with Crippen LogP contribution in [0.4, 0.5) is 0 Å². The molecule has 4 heteroatoms. The van der Waals surface area contributed by atoms with E-state index >= 15 is 0 Å². The zero-order valence-electron chi connectivity index (χ0n) is 9.05. The summed E-state index contributed by atoms with van der Waals surface area (Å²) in [5, 5.41) is 16.1. The van der Waals surface area contributed by atoms with Crippen LogP contribution in [0, 0.1) is 11.3 Å². The van der Waals surface area contributed by atoms with Crippen molar-refractivity contribution < 1.29 is 4.52 Å². The van der Waals surface area contributed by atoms with E-state index in [1.165, 1.54) is 5.56 Å². The van der Waals surface area contributed by atoms with E-state index < -0.39 is 0 Å². The number of nitrogens with zero attached hydrogens (tertiary/aromatic N) is 3. The van der Waals surface area contributed by atoms with E-state index in [4.69, 9.17) is 9.78 Å². The SMILES string of the molecule is N#Cc1ccc2c(c1)CCC=C2c1cnno1. The van der Waals surface area contributed by atoms with Crippen molar-refractivity contribution in [2.75, 3.05) is 0 Å². The molecule has 82 valence electrons. The number of nitriles is 1. The van der Waals surface area contributed by atoms with Crippen LogP contribution in [0.15, 0.2) is 35.0 Å². The van der Waals surface area contributed by atoms with Gasteiger partial charge < -0.3 is 4.52 Å². The number of hydrogen-bond acceptors (Lipinski definition) is 4. The third kappa shape index (κ3) is 1.62. The molecule has 3 rings (SSSR count). The van der Waals surface area contributed by atoms with Crippen molar-refractivity contribution >= 4 is 5.57 Å². The Kier molecular flexibility index (Phi) is 2.23. The average molecular weight is 223 g/mol. The lowest BCUT2D eigenvalue weighted by molar-refractivity contribution is 0.385. The standard InChI is InChI=1S/C13H9N3O/c14-7-9-4-5-11-10(6-9)2-1-3-12(11)13-8-15-16-17-13/h3-6,8H,1-2H2. The van der Waals surface area contributed by atoms with Crippen LogP contribution in [0.2, 0.25) is 0 Å². The van der Waals surface area contributed by atoms with Crippen molar-refractivity contribution in [3.63, 3.8) is 0 Å². The maximum absolute atomic E-state index is 8.89. The van der Waals surface area contributed by atoms with Crippen molar-refractivity contribution in [3.05, 3.63) is 52.9 Å². The second-order valence-electron chi connectivity index (χ2n) is 3.92. The molecule has 0 amide bonds. The van der Waals surface area contributed by atoms with E-state index in [1.807, 2.05) is 18.2 Å². The quantitative estimate of drug-likeness (QED) is 0.744. The highest BCUT2D eigenvalue weighted by Gasteiger charge is 2.17. The molecule has 0 N–H and O–H groups in total. The number of aromatic nitrogens is 2. The van der Waals surface area contributed by atoms with Crippen LogP contribution in [-0.4, -0.2) is 10.4 Å². The van der Waals surface area contributed by atoms with Crippen molar-refractivity contribution in [1.29, 1.82) is 5.26 Å². The van der Waals surface area contributed by atoms with Crippen LogP contribution in [0.3, 0.4) is 0 Å². The predicted octanol–water partition coefficient (Wildman–Crippen LogP) is 2.32. The first-order chi connectivity index (χ1) is 8.38. The smallest absolute Gasteiger partial charge is 0.187 e.